The van der Waals surface area contributed by atoms with Crippen LogP contribution in [0, 0.1) is 6.92 Å². The summed E-state index contributed by atoms with van der Waals surface area (Å²) in [6.07, 6.45) is 3.54. The summed E-state index contributed by atoms with van der Waals surface area (Å²) in [6.45, 7) is 6.04. The first kappa shape index (κ1) is 18.0. The summed E-state index contributed by atoms with van der Waals surface area (Å²) in [4.78, 5) is 12.6. The quantitative estimate of drug-likeness (QED) is 0.516. The van der Waals surface area contributed by atoms with Gasteiger partial charge >= 0.3 is 0 Å². The lowest BCUT2D eigenvalue weighted by molar-refractivity contribution is -0.116. The largest absolute Gasteiger partial charge is 0.489 e. The number of ether oxygens (including phenoxy) is 1. The van der Waals surface area contributed by atoms with E-state index in [4.69, 9.17) is 4.74 Å². The predicted molar refractivity (Wildman–Crippen MR) is 110 cm³/mol. The number of nitrogens with one attached hydrogen (secondary N) is 1. The number of carbonyl (C=O) groups excluding carboxylic acids is 1. The molecule has 0 aliphatic carbocycles. The van der Waals surface area contributed by atoms with Crippen LogP contribution in [0.2, 0.25) is 0 Å². The Morgan fingerprint density at radius 1 is 1.27 bits per heavy atom. The molecule has 4 aromatic rings. The molecule has 1 aliphatic heterocycles. The summed E-state index contributed by atoms with van der Waals surface area (Å²) in [6, 6.07) is 11.4. The molecule has 0 fully saturated rings. The second kappa shape index (κ2) is 7.11. The van der Waals surface area contributed by atoms with Crippen molar-refractivity contribution in [1.29, 1.82) is 0 Å². The molecule has 4 heterocycles. The minimum Gasteiger partial charge on any atom is -0.489 e. The highest BCUT2D eigenvalue weighted by molar-refractivity contribution is 5.95. The van der Waals surface area contributed by atoms with Gasteiger partial charge in [0.25, 0.3) is 0 Å². The van der Waals surface area contributed by atoms with Crippen LogP contribution in [-0.2, 0) is 4.79 Å². The lowest BCUT2D eigenvalue weighted by atomic mass is 9.85. The monoisotopic (exact) mass is 401 g/mol. The summed E-state index contributed by atoms with van der Waals surface area (Å²) in [5.41, 5.74) is 3.35. The summed E-state index contributed by atoms with van der Waals surface area (Å²) in [7, 11) is 0. The van der Waals surface area contributed by atoms with Crippen LogP contribution in [0.15, 0.2) is 55.4 Å². The number of nitrogens with zero attached hydrogens (tertiary/aromatic N) is 6. The maximum Gasteiger partial charge on any atom is 0.226 e. The number of fused-ring (bicyclic) bond motifs is 2. The van der Waals surface area contributed by atoms with Crippen molar-refractivity contribution in [3.05, 3.63) is 72.2 Å². The summed E-state index contributed by atoms with van der Waals surface area (Å²) in [5, 5.41) is 20.0. The number of hydrogen-bond acceptors (Lipinski definition) is 6. The topological polar surface area (TPSA) is 99.2 Å². The average Bonchev–Trinajstić information content (AvgIpc) is 3.35. The zero-order chi connectivity index (χ0) is 20.7. The highest BCUT2D eigenvalue weighted by atomic mass is 16.5. The van der Waals surface area contributed by atoms with Gasteiger partial charge in [-0.1, -0.05) is 30.9 Å². The van der Waals surface area contributed by atoms with Crippen molar-refractivity contribution in [3.63, 3.8) is 0 Å². The van der Waals surface area contributed by atoms with Crippen LogP contribution in [0.25, 0.3) is 11.5 Å². The van der Waals surface area contributed by atoms with E-state index in [1.165, 1.54) is 6.33 Å². The van der Waals surface area contributed by atoms with E-state index in [1.54, 1.807) is 27.4 Å². The van der Waals surface area contributed by atoms with Crippen LogP contribution >= 0.6 is 0 Å². The first-order chi connectivity index (χ1) is 14.7. The summed E-state index contributed by atoms with van der Waals surface area (Å²) < 4.78 is 9.08. The Morgan fingerprint density at radius 2 is 2.13 bits per heavy atom. The molecule has 150 valence electrons. The van der Waals surface area contributed by atoms with Crippen LogP contribution in [0.1, 0.15) is 29.2 Å². The van der Waals surface area contributed by atoms with E-state index in [2.05, 4.69) is 32.3 Å². The van der Waals surface area contributed by atoms with E-state index in [0.717, 1.165) is 22.6 Å². The number of amides is 1. The van der Waals surface area contributed by atoms with Gasteiger partial charge in [-0.15, -0.1) is 15.3 Å². The molecule has 1 aliphatic rings. The molecule has 1 N–H and O–H groups in total. The number of hydrogen-bond donors (Lipinski definition) is 1. The molecule has 0 saturated carbocycles. The van der Waals surface area contributed by atoms with Gasteiger partial charge in [-0.05, 0) is 25.1 Å². The van der Waals surface area contributed by atoms with Crippen molar-refractivity contribution in [3.8, 4) is 11.6 Å². The van der Waals surface area contributed by atoms with Gasteiger partial charge in [0.15, 0.2) is 11.5 Å². The molecular weight excluding hydrogens is 382 g/mol. The third-order valence-electron chi connectivity index (χ3n) is 5.12. The lowest BCUT2D eigenvalue weighted by Crippen LogP contribution is -2.25. The Hall–Kier alpha value is -4.01. The minimum atomic E-state index is -0.179. The Morgan fingerprint density at radius 3 is 3.00 bits per heavy atom. The Kier molecular flexibility index (Phi) is 4.27. The van der Waals surface area contributed by atoms with Crippen molar-refractivity contribution in [2.45, 2.75) is 19.3 Å². The van der Waals surface area contributed by atoms with Crippen LogP contribution in [0.5, 0.6) is 5.75 Å². The van der Waals surface area contributed by atoms with Crippen molar-refractivity contribution in [2.24, 2.45) is 0 Å². The molecule has 5 rings (SSSR count). The van der Waals surface area contributed by atoms with Gasteiger partial charge in [0.05, 0.1) is 5.69 Å². The molecule has 1 amide bonds. The lowest BCUT2D eigenvalue weighted by Gasteiger charge is -2.25. The molecule has 3 aromatic heterocycles. The molecule has 0 radical (unpaired) electrons. The third-order valence-corrected chi connectivity index (χ3v) is 5.12. The second-order valence-corrected chi connectivity index (χ2v) is 7.03. The van der Waals surface area contributed by atoms with Gasteiger partial charge in [-0.2, -0.15) is 14.3 Å². The summed E-state index contributed by atoms with van der Waals surface area (Å²) in [5.74, 6) is 1.65. The minimum absolute atomic E-state index is 0.0856. The standard InChI is InChI=1S/C21H19N7O2/c1-3-10-30-16-7-5-4-6-14(16)15-11-19(29)23-21-20(15)13(2)25-28(21)18-9-8-17-24-22-12-27(17)26-18/h3-9,12,15H,1,10-11H2,2H3,(H,23,29)/t15-/m0/s1. The molecule has 0 spiro atoms. The third kappa shape index (κ3) is 2.91. The number of carbonyl (C=O) groups is 1. The number of anilines is 1. The molecular formula is C21H19N7O2. The van der Waals surface area contributed by atoms with Gasteiger partial charge in [0.2, 0.25) is 5.91 Å². The Balaban J connectivity index is 1.64. The number of rotatable bonds is 5. The molecule has 9 heteroatoms. The number of aryl methyl sites for hydroxylation is 1. The maximum atomic E-state index is 12.6. The van der Waals surface area contributed by atoms with E-state index in [-0.39, 0.29) is 11.8 Å². The van der Waals surface area contributed by atoms with Crippen LogP contribution in [0.3, 0.4) is 0 Å². The van der Waals surface area contributed by atoms with Gasteiger partial charge in [0, 0.05) is 23.5 Å². The Labute approximate surface area is 172 Å². The average molecular weight is 401 g/mol. The van der Waals surface area contributed by atoms with E-state index in [0.29, 0.717) is 30.3 Å². The first-order valence-corrected chi connectivity index (χ1v) is 9.55. The van der Waals surface area contributed by atoms with Crippen molar-refractivity contribution >= 4 is 17.4 Å². The van der Waals surface area contributed by atoms with E-state index < -0.39 is 0 Å². The summed E-state index contributed by atoms with van der Waals surface area (Å²) >= 11 is 0. The van der Waals surface area contributed by atoms with E-state index in [9.17, 15) is 4.79 Å². The highest BCUT2D eigenvalue weighted by Crippen LogP contribution is 2.42. The molecule has 0 bridgehead atoms. The SMILES string of the molecule is C=CCOc1ccccc1[C@@H]1CC(=O)Nc2c1c(C)nn2-c1ccc2nncn2n1. The number of para-hydroxylation sites is 1. The van der Waals surface area contributed by atoms with Gasteiger partial charge in [-0.3, -0.25) is 4.79 Å². The Bertz CT molecular complexity index is 1270. The van der Waals surface area contributed by atoms with E-state index in [1.807, 2.05) is 31.2 Å². The van der Waals surface area contributed by atoms with Crippen molar-refractivity contribution < 1.29 is 9.53 Å². The zero-order valence-electron chi connectivity index (χ0n) is 16.3. The van der Waals surface area contributed by atoms with Crippen molar-refractivity contribution in [1.82, 2.24) is 29.6 Å². The molecule has 0 unspecified atom stereocenters. The fourth-order valence-corrected chi connectivity index (χ4v) is 3.86. The zero-order valence-corrected chi connectivity index (χ0v) is 16.3. The predicted octanol–water partition coefficient (Wildman–Crippen LogP) is 2.66. The van der Waals surface area contributed by atoms with Crippen molar-refractivity contribution in [2.75, 3.05) is 11.9 Å². The van der Waals surface area contributed by atoms with E-state index >= 15 is 0 Å². The maximum absolute atomic E-state index is 12.6. The normalized spacial score (nSPS) is 15.6. The number of aromatic nitrogens is 6. The fraction of sp³-hybridized carbons (Fsp3) is 0.190. The van der Waals surface area contributed by atoms with Crippen LogP contribution in [0.4, 0.5) is 5.82 Å². The van der Waals surface area contributed by atoms with Gasteiger partial charge in [0.1, 0.15) is 24.5 Å². The fourth-order valence-electron chi connectivity index (χ4n) is 3.86. The molecule has 30 heavy (non-hydrogen) atoms. The molecule has 0 saturated heterocycles. The number of benzene rings is 1. The van der Waals surface area contributed by atoms with Gasteiger partial charge in [-0.25, -0.2) is 0 Å². The van der Waals surface area contributed by atoms with Crippen LogP contribution in [-0.4, -0.2) is 42.1 Å². The highest BCUT2D eigenvalue weighted by Gasteiger charge is 2.34. The molecule has 1 aromatic carbocycles. The van der Waals surface area contributed by atoms with Gasteiger partial charge < -0.3 is 10.1 Å². The second-order valence-electron chi connectivity index (χ2n) is 7.03. The molecule has 9 nitrogen and oxygen atoms in total. The molecule has 1 atom stereocenters. The van der Waals surface area contributed by atoms with Crippen LogP contribution < -0.4 is 10.1 Å². The smallest absolute Gasteiger partial charge is 0.226 e. The first-order valence-electron chi connectivity index (χ1n) is 9.55.